The average Bonchev–Trinajstić information content (AvgIpc) is 2.79. The molecule has 0 bridgehead atoms. The van der Waals surface area contributed by atoms with Crippen LogP contribution < -0.4 is 0 Å². The van der Waals surface area contributed by atoms with Crippen molar-refractivity contribution in [2.45, 2.75) is 25.9 Å². The molecule has 16 heavy (non-hydrogen) atoms. The van der Waals surface area contributed by atoms with Gasteiger partial charge in [0.15, 0.2) is 0 Å². The van der Waals surface area contributed by atoms with E-state index in [9.17, 15) is 9.90 Å². The highest BCUT2D eigenvalue weighted by Gasteiger charge is 2.26. The van der Waals surface area contributed by atoms with Gasteiger partial charge in [-0.15, -0.1) is 0 Å². The molecule has 2 heterocycles. The number of carbonyl (C=O) groups excluding carboxylic acids is 1. The van der Waals surface area contributed by atoms with Crippen molar-refractivity contribution in [3.63, 3.8) is 0 Å². The molecule has 5 nitrogen and oxygen atoms in total. The maximum atomic E-state index is 11.8. The fourth-order valence-corrected chi connectivity index (χ4v) is 2.03. The van der Waals surface area contributed by atoms with Crippen molar-refractivity contribution in [3.05, 3.63) is 16.5 Å². The van der Waals surface area contributed by atoms with E-state index in [1.54, 1.807) is 11.8 Å². The van der Waals surface area contributed by atoms with Gasteiger partial charge in [0, 0.05) is 18.7 Å². The van der Waals surface area contributed by atoms with E-state index in [2.05, 4.69) is 5.16 Å². The normalized spacial score (nSPS) is 20.4. The lowest BCUT2D eigenvalue weighted by molar-refractivity contribution is -0.129. The van der Waals surface area contributed by atoms with E-state index in [0.29, 0.717) is 30.8 Å². The Morgan fingerprint density at radius 3 is 3.00 bits per heavy atom. The Hall–Kier alpha value is -1.07. The number of halogens is 1. The molecular formula is C10H13ClN2O3. The summed E-state index contributed by atoms with van der Waals surface area (Å²) >= 11 is 5.78. The lowest BCUT2D eigenvalue weighted by Crippen LogP contribution is -2.31. The van der Waals surface area contributed by atoms with E-state index < -0.39 is 6.10 Å². The van der Waals surface area contributed by atoms with Gasteiger partial charge in [0.05, 0.1) is 18.2 Å². The zero-order valence-corrected chi connectivity index (χ0v) is 9.70. The van der Waals surface area contributed by atoms with E-state index >= 15 is 0 Å². The molecule has 0 aromatic carbocycles. The van der Waals surface area contributed by atoms with Gasteiger partial charge in [-0.25, -0.2) is 0 Å². The van der Waals surface area contributed by atoms with Crippen molar-refractivity contribution in [1.82, 2.24) is 10.1 Å². The predicted octanol–water partition coefficient (Wildman–Crippen LogP) is 0.772. The number of rotatable bonds is 2. The SMILES string of the molecule is Cc1noc(Cl)c1CC(=O)N1CC[C@@H](O)C1. The fraction of sp³-hybridized carbons (Fsp3) is 0.600. The Kier molecular flexibility index (Phi) is 3.16. The molecule has 0 unspecified atom stereocenters. The zero-order chi connectivity index (χ0) is 11.7. The molecule has 0 saturated carbocycles. The number of aryl methyl sites for hydroxylation is 1. The summed E-state index contributed by atoms with van der Waals surface area (Å²) in [6, 6.07) is 0. The van der Waals surface area contributed by atoms with Crippen LogP contribution in [0.5, 0.6) is 0 Å². The van der Waals surface area contributed by atoms with Crippen LogP contribution in [0.3, 0.4) is 0 Å². The van der Waals surface area contributed by atoms with Crippen molar-refractivity contribution in [2.75, 3.05) is 13.1 Å². The third-order valence-corrected chi connectivity index (χ3v) is 3.08. The van der Waals surface area contributed by atoms with Crippen molar-refractivity contribution >= 4 is 17.5 Å². The Bertz CT molecular complexity index is 385. The third-order valence-electron chi connectivity index (χ3n) is 2.78. The number of aromatic nitrogens is 1. The summed E-state index contributed by atoms with van der Waals surface area (Å²) in [4.78, 5) is 13.5. The van der Waals surface area contributed by atoms with Gasteiger partial charge in [-0.1, -0.05) is 5.16 Å². The zero-order valence-electron chi connectivity index (χ0n) is 8.94. The van der Waals surface area contributed by atoms with Crippen molar-refractivity contribution < 1.29 is 14.4 Å². The number of β-amino-alcohol motifs (C(OH)–C–C–N with tert-alkyl or cyclic N) is 1. The second-order valence-electron chi connectivity index (χ2n) is 3.98. The minimum Gasteiger partial charge on any atom is -0.391 e. The molecule has 0 radical (unpaired) electrons. The third kappa shape index (κ3) is 2.20. The van der Waals surface area contributed by atoms with Crippen LogP contribution in [0.1, 0.15) is 17.7 Å². The smallest absolute Gasteiger partial charge is 0.229 e. The lowest BCUT2D eigenvalue weighted by Gasteiger charge is -2.14. The Morgan fingerprint density at radius 1 is 1.75 bits per heavy atom. The van der Waals surface area contributed by atoms with Crippen LogP contribution in [0.15, 0.2) is 4.52 Å². The van der Waals surface area contributed by atoms with Crippen LogP contribution in [0, 0.1) is 6.92 Å². The predicted molar refractivity (Wildman–Crippen MR) is 57.2 cm³/mol. The molecular weight excluding hydrogens is 232 g/mol. The summed E-state index contributed by atoms with van der Waals surface area (Å²) < 4.78 is 4.78. The Labute approximate surface area is 98.0 Å². The molecule has 0 aliphatic carbocycles. The van der Waals surface area contributed by atoms with Crippen LogP contribution >= 0.6 is 11.6 Å². The molecule has 2 rings (SSSR count). The Morgan fingerprint density at radius 2 is 2.50 bits per heavy atom. The number of aliphatic hydroxyl groups excluding tert-OH is 1. The number of aliphatic hydroxyl groups is 1. The van der Waals surface area contributed by atoms with Gasteiger partial charge in [0.1, 0.15) is 0 Å². The summed E-state index contributed by atoms with van der Waals surface area (Å²) in [5.41, 5.74) is 1.27. The largest absolute Gasteiger partial charge is 0.391 e. The minimum atomic E-state index is -0.400. The topological polar surface area (TPSA) is 66.6 Å². The molecule has 1 saturated heterocycles. The second kappa shape index (κ2) is 4.43. The van der Waals surface area contributed by atoms with Crippen LogP contribution in [0.4, 0.5) is 0 Å². The first kappa shape index (κ1) is 11.4. The highest BCUT2D eigenvalue weighted by molar-refractivity contribution is 6.29. The summed E-state index contributed by atoms with van der Waals surface area (Å²) in [6.07, 6.45) is 0.422. The lowest BCUT2D eigenvalue weighted by atomic mass is 10.2. The molecule has 1 atom stereocenters. The molecule has 0 spiro atoms. The molecule has 1 amide bonds. The number of amides is 1. The highest BCUT2D eigenvalue weighted by Crippen LogP contribution is 2.21. The van der Waals surface area contributed by atoms with Crippen LogP contribution in [-0.4, -0.2) is 40.3 Å². The number of likely N-dealkylation sites (tertiary alicyclic amines) is 1. The first-order valence-electron chi connectivity index (χ1n) is 5.14. The van der Waals surface area contributed by atoms with E-state index in [1.165, 1.54) is 0 Å². The van der Waals surface area contributed by atoms with Gasteiger partial charge in [-0.05, 0) is 24.9 Å². The van der Waals surface area contributed by atoms with Crippen molar-refractivity contribution in [3.8, 4) is 0 Å². The summed E-state index contributed by atoms with van der Waals surface area (Å²) in [5, 5.41) is 13.2. The molecule has 1 fully saturated rings. The van der Waals surface area contributed by atoms with E-state index in [-0.39, 0.29) is 17.5 Å². The highest BCUT2D eigenvalue weighted by atomic mass is 35.5. The molecule has 6 heteroatoms. The van der Waals surface area contributed by atoms with E-state index in [0.717, 1.165) is 0 Å². The molecule has 1 aromatic heterocycles. The second-order valence-corrected chi connectivity index (χ2v) is 4.32. The number of nitrogens with zero attached hydrogens (tertiary/aromatic N) is 2. The van der Waals surface area contributed by atoms with E-state index in [4.69, 9.17) is 16.1 Å². The van der Waals surface area contributed by atoms with Gasteiger partial charge in [-0.3, -0.25) is 4.79 Å². The molecule has 88 valence electrons. The van der Waals surface area contributed by atoms with Gasteiger partial charge in [0.2, 0.25) is 11.1 Å². The maximum Gasteiger partial charge on any atom is 0.229 e. The monoisotopic (exact) mass is 244 g/mol. The Balaban J connectivity index is 2.02. The summed E-state index contributed by atoms with van der Waals surface area (Å²) in [7, 11) is 0. The minimum absolute atomic E-state index is 0.0512. The number of carbonyl (C=O) groups is 1. The summed E-state index contributed by atoms with van der Waals surface area (Å²) in [5.74, 6) is -0.0512. The van der Waals surface area contributed by atoms with Gasteiger partial charge in [-0.2, -0.15) is 0 Å². The van der Waals surface area contributed by atoms with Crippen molar-refractivity contribution in [1.29, 1.82) is 0 Å². The summed E-state index contributed by atoms with van der Waals surface area (Å²) in [6.45, 7) is 2.75. The average molecular weight is 245 g/mol. The standard InChI is InChI=1S/C10H13ClN2O3/c1-6-8(10(11)16-12-6)4-9(15)13-3-2-7(14)5-13/h7,14H,2-5H2,1H3/t7-/m1/s1. The molecule has 1 aliphatic rings. The van der Waals surface area contributed by atoms with Crippen molar-refractivity contribution in [2.24, 2.45) is 0 Å². The van der Waals surface area contributed by atoms with Gasteiger partial charge in [0.25, 0.3) is 0 Å². The molecule has 1 aromatic rings. The quantitative estimate of drug-likeness (QED) is 0.835. The van der Waals surface area contributed by atoms with Crippen LogP contribution in [-0.2, 0) is 11.2 Å². The van der Waals surface area contributed by atoms with Crippen LogP contribution in [0.25, 0.3) is 0 Å². The number of hydrogen-bond donors (Lipinski definition) is 1. The van der Waals surface area contributed by atoms with Gasteiger partial charge < -0.3 is 14.5 Å². The molecule has 1 aliphatic heterocycles. The first-order valence-corrected chi connectivity index (χ1v) is 5.52. The van der Waals surface area contributed by atoms with E-state index in [1.807, 2.05) is 0 Å². The van der Waals surface area contributed by atoms with Gasteiger partial charge >= 0.3 is 0 Å². The first-order chi connectivity index (χ1) is 7.58. The molecule has 1 N–H and O–H groups in total. The van der Waals surface area contributed by atoms with Crippen LogP contribution in [0.2, 0.25) is 5.22 Å². The number of hydrogen-bond acceptors (Lipinski definition) is 4. The maximum absolute atomic E-state index is 11.8. The fourth-order valence-electron chi connectivity index (χ4n) is 1.79.